The Morgan fingerprint density at radius 1 is 0.939 bits per heavy atom. The van der Waals surface area contributed by atoms with Crippen LogP contribution in [0.1, 0.15) is 18.3 Å². The molecule has 0 fully saturated rings. The molecule has 8 heteroatoms. The predicted molar refractivity (Wildman–Crippen MR) is 132 cm³/mol. The second-order valence-electron chi connectivity index (χ2n) is 7.17. The number of para-hydroxylation sites is 2. The third-order valence-corrected chi connectivity index (χ3v) is 6.91. The molecule has 1 heterocycles. The average Bonchev–Trinajstić information content (AvgIpc) is 3.27. The summed E-state index contributed by atoms with van der Waals surface area (Å²) in [4.78, 5) is 13.7. The van der Waals surface area contributed by atoms with Crippen molar-refractivity contribution in [2.24, 2.45) is 0 Å². The molecule has 3 aromatic carbocycles. The van der Waals surface area contributed by atoms with Crippen molar-refractivity contribution in [3.05, 3.63) is 96.1 Å². The summed E-state index contributed by atoms with van der Waals surface area (Å²) in [7, 11) is 0. The summed E-state index contributed by atoms with van der Waals surface area (Å²) in [6.07, 6.45) is 0.743. The van der Waals surface area contributed by atoms with Gasteiger partial charge in [-0.15, -0.1) is 22.0 Å². The molecular weight excluding hydrogens is 455 g/mol. The van der Waals surface area contributed by atoms with Gasteiger partial charge >= 0.3 is 0 Å². The lowest BCUT2D eigenvalue weighted by Crippen LogP contribution is -2.15. The van der Waals surface area contributed by atoms with E-state index in [1.54, 1.807) is 23.9 Å². The van der Waals surface area contributed by atoms with E-state index in [9.17, 15) is 9.18 Å². The Labute approximate surface area is 200 Å². The lowest BCUT2D eigenvalue weighted by atomic mass is 10.2. The van der Waals surface area contributed by atoms with Crippen LogP contribution >= 0.6 is 23.5 Å². The largest absolute Gasteiger partial charge is 0.324 e. The highest BCUT2D eigenvalue weighted by Gasteiger charge is 2.15. The van der Waals surface area contributed by atoms with Gasteiger partial charge in [-0.05, 0) is 42.0 Å². The van der Waals surface area contributed by atoms with Crippen LogP contribution in [0, 0.1) is 5.82 Å². The summed E-state index contributed by atoms with van der Waals surface area (Å²) in [5, 5.41) is 12.3. The number of amides is 1. The van der Waals surface area contributed by atoms with Crippen LogP contribution in [-0.4, -0.2) is 26.4 Å². The van der Waals surface area contributed by atoms with Crippen LogP contribution in [0.15, 0.2) is 88.9 Å². The van der Waals surface area contributed by atoms with Gasteiger partial charge in [0.1, 0.15) is 11.6 Å². The average molecular weight is 479 g/mol. The van der Waals surface area contributed by atoms with Gasteiger partial charge in [0.05, 0.1) is 11.4 Å². The Kier molecular flexibility index (Phi) is 7.80. The summed E-state index contributed by atoms with van der Waals surface area (Å²) in [6.45, 7) is 2.03. The summed E-state index contributed by atoms with van der Waals surface area (Å²) in [5.74, 6) is 1.39. The van der Waals surface area contributed by atoms with Gasteiger partial charge in [0.2, 0.25) is 5.91 Å². The topological polar surface area (TPSA) is 59.8 Å². The number of halogens is 1. The minimum absolute atomic E-state index is 0.115. The summed E-state index contributed by atoms with van der Waals surface area (Å²) < 4.78 is 15.1. The molecule has 1 amide bonds. The lowest BCUT2D eigenvalue weighted by molar-refractivity contribution is -0.113. The first-order valence-corrected chi connectivity index (χ1v) is 12.5. The number of nitrogens with zero attached hydrogens (tertiary/aromatic N) is 3. The number of aryl methyl sites for hydroxylation is 1. The fourth-order valence-corrected chi connectivity index (χ4v) is 4.95. The van der Waals surface area contributed by atoms with E-state index in [1.165, 1.54) is 23.9 Å². The molecule has 0 aliphatic heterocycles. The molecule has 168 valence electrons. The number of benzene rings is 3. The third-order valence-electron chi connectivity index (χ3n) is 4.83. The number of hydrogen-bond donors (Lipinski definition) is 1. The molecule has 0 saturated heterocycles. The van der Waals surface area contributed by atoms with Crippen LogP contribution in [0.4, 0.5) is 10.1 Å². The SMILES string of the molecule is CCc1nnc(SCC(=O)Nc2ccccc2SCc2ccc(F)cc2)n1-c1ccccc1. The Balaban J connectivity index is 1.40. The van der Waals surface area contributed by atoms with Crippen LogP contribution in [-0.2, 0) is 17.0 Å². The lowest BCUT2D eigenvalue weighted by Gasteiger charge is -2.11. The van der Waals surface area contributed by atoms with Gasteiger partial charge in [0.15, 0.2) is 5.16 Å². The van der Waals surface area contributed by atoms with Crippen molar-refractivity contribution in [3.63, 3.8) is 0 Å². The number of thioether (sulfide) groups is 2. The van der Waals surface area contributed by atoms with Crippen molar-refractivity contribution < 1.29 is 9.18 Å². The molecule has 1 aromatic heterocycles. The molecule has 33 heavy (non-hydrogen) atoms. The molecular formula is C25H23FN4OS2. The molecule has 1 N–H and O–H groups in total. The van der Waals surface area contributed by atoms with E-state index in [0.717, 1.165) is 34.1 Å². The Bertz CT molecular complexity index is 1210. The Hall–Kier alpha value is -3.10. The van der Waals surface area contributed by atoms with E-state index in [2.05, 4.69) is 15.5 Å². The molecule has 4 rings (SSSR count). The fourth-order valence-electron chi connectivity index (χ4n) is 3.21. The van der Waals surface area contributed by atoms with Crippen LogP contribution in [0.5, 0.6) is 0 Å². The van der Waals surface area contributed by atoms with Gasteiger partial charge in [-0.2, -0.15) is 0 Å². The maximum absolute atomic E-state index is 13.1. The zero-order valence-corrected chi connectivity index (χ0v) is 19.7. The second kappa shape index (κ2) is 11.2. The van der Waals surface area contributed by atoms with Crippen molar-refractivity contribution in [1.82, 2.24) is 14.8 Å². The first-order valence-electron chi connectivity index (χ1n) is 10.5. The summed E-state index contributed by atoms with van der Waals surface area (Å²) in [6, 6.07) is 24.0. The molecule has 4 aromatic rings. The zero-order chi connectivity index (χ0) is 23.0. The molecule has 0 radical (unpaired) electrons. The molecule has 0 aliphatic rings. The van der Waals surface area contributed by atoms with Gasteiger partial charge < -0.3 is 5.32 Å². The van der Waals surface area contributed by atoms with E-state index in [1.807, 2.05) is 66.1 Å². The Morgan fingerprint density at radius 3 is 2.42 bits per heavy atom. The minimum atomic E-state index is -0.247. The molecule has 0 spiro atoms. The number of rotatable bonds is 9. The molecule has 0 bridgehead atoms. The van der Waals surface area contributed by atoms with Crippen molar-refractivity contribution in [1.29, 1.82) is 0 Å². The van der Waals surface area contributed by atoms with Crippen LogP contribution in [0.25, 0.3) is 5.69 Å². The van der Waals surface area contributed by atoms with Crippen molar-refractivity contribution in [3.8, 4) is 5.69 Å². The normalized spacial score (nSPS) is 10.8. The van der Waals surface area contributed by atoms with E-state index < -0.39 is 0 Å². The second-order valence-corrected chi connectivity index (χ2v) is 9.13. The Morgan fingerprint density at radius 2 is 1.67 bits per heavy atom. The van der Waals surface area contributed by atoms with E-state index in [-0.39, 0.29) is 17.5 Å². The van der Waals surface area contributed by atoms with Crippen LogP contribution in [0.3, 0.4) is 0 Å². The maximum Gasteiger partial charge on any atom is 0.234 e. The van der Waals surface area contributed by atoms with E-state index >= 15 is 0 Å². The highest BCUT2D eigenvalue weighted by Crippen LogP contribution is 2.30. The summed E-state index contributed by atoms with van der Waals surface area (Å²) in [5.41, 5.74) is 2.75. The highest BCUT2D eigenvalue weighted by atomic mass is 32.2. The number of aromatic nitrogens is 3. The smallest absolute Gasteiger partial charge is 0.234 e. The first kappa shape index (κ1) is 23.1. The van der Waals surface area contributed by atoms with Gasteiger partial charge in [-0.1, -0.05) is 61.2 Å². The number of carbonyl (C=O) groups excluding carboxylic acids is 1. The van der Waals surface area contributed by atoms with Gasteiger partial charge in [-0.25, -0.2) is 4.39 Å². The van der Waals surface area contributed by atoms with E-state index in [4.69, 9.17) is 0 Å². The first-order chi connectivity index (χ1) is 16.1. The molecule has 0 aliphatic carbocycles. The third kappa shape index (κ3) is 6.03. The zero-order valence-electron chi connectivity index (χ0n) is 18.1. The van der Waals surface area contributed by atoms with Crippen molar-refractivity contribution in [2.75, 3.05) is 11.1 Å². The number of anilines is 1. The highest BCUT2D eigenvalue weighted by molar-refractivity contribution is 7.99. The predicted octanol–water partition coefficient (Wildman–Crippen LogP) is 5.99. The molecule has 0 atom stereocenters. The van der Waals surface area contributed by atoms with Crippen LogP contribution in [0.2, 0.25) is 0 Å². The van der Waals surface area contributed by atoms with Crippen molar-refractivity contribution >= 4 is 35.1 Å². The van der Waals surface area contributed by atoms with E-state index in [0.29, 0.717) is 10.9 Å². The monoisotopic (exact) mass is 478 g/mol. The minimum Gasteiger partial charge on any atom is -0.324 e. The number of nitrogens with one attached hydrogen (secondary N) is 1. The fraction of sp³-hybridized carbons (Fsp3) is 0.160. The quantitative estimate of drug-likeness (QED) is 0.299. The van der Waals surface area contributed by atoms with Gasteiger partial charge in [-0.3, -0.25) is 9.36 Å². The van der Waals surface area contributed by atoms with Gasteiger partial charge in [0.25, 0.3) is 0 Å². The van der Waals surface area contributed by atoms with Gasteiger partial charge in [0, 0.05) is 22.8 Å². The summed E-state index contributed by atoms with van der Waals surface area (Å²) >= 11 is 2.96. The van der Waals surface area contributed by atoms with Crippen LogP contribution < -0.4 is 5.32 Å². The number of hydrogen-bond acceptors (Lipinski definition) is 5. The maximum atomic E-state index is 13.1. The molecule has 5 nitrogen and oxygen atoms in total. The van der Waals surface area contributed by atoms with Crippen molar-refractivity contribution in [2.45, 2.75) is 29.1 Å². The standard InChI is InChI=1S/C25H23FN4OS2/c1-2-23-28-29-25(30(23)20-8-4-3-5-9-20)33-17-24(31)27-21-10-6-7-11-22(21)32-16-18-12-14-19(26)15-13-18/h3-15H,2,16-17H2,1H3,(H,27,31). The molecule has 0 unspecified atom stereocenters. The number of carbonyl (C=O) groups is 1. The molecule has 0 saturated carbocycles.